The van der Waals surface area contributed by atoms with E-state index in [1.54, 1.807) is 11.7 Å². The number of nitrogens with two attached hydrogens (primary N) is 1. The molecule has 41 heavy (non-hydrogen) atoms. The topological polar surface area (TPSA) is 92.9 Å². The number of aliphatic imine (C=N–C) groups is 1. The number of rotatable bonds is 8. The van der Waals surface area contributed by atoms with Gasteiger partial charge in [-0.05, 0) is 54.4 Å². The molecule has 2 aromatic carbocycles. The fraction of sp³-hybridized carbons (Fsp3) is 0.250. The molecule has 1 fully saturated rings. The predicted octanol–water partition coefficient (Wildman–Crippen LogP) is 4.09. The highest BCUT2D eigenvalue weighted by Crippen LogP contribution is 2.30. The molecule has 0 saturated carbocycles. The number of aromatic nitrogens is 4. The van der Waals surface area contributed by atoms with Gasteiger partial charge in [0.25, 0.3) is 0 Å². The number of amidine groups is 1. The summed E-state index contributed by atoms with van der Waals surface area (Å²) in [6, 6.07) is 23.1. The van der Waals surface area contributed by atoms with Gasteiger partial charge < -0.3 is 15.5 Å². The summed E-state index contributed by atoms with van der Waals surface area (Å²) in [6.45, 7) is 8.53. The van der Waals surface area contributed by atoms with Gasteiger partial charge in [-0.3, -0.25) is 9.67 Å². The molecule has 0 spiro atoms. The lowest BCUT2D eigenvalue weighted by molar-refractivity contribution is 0.312. The van der Waals surface area contributed by atoms with E-state index in [-0.39, 0.29) is 0 Å². The number of anilines is 1. The van der Waals surface area contributed by atoms with Crippen molar-refractivity contribution in [2.24, 2.45) is 15.8 Å². The minimum atomic E-state index is 0.417. The lowest BCUT2D eigenvalue weighted by Crippen LogP contribution is -2.44. The minimum absolute atomic E-state index is 0.417. The monoisotopic (exact) mass is 545 g/mol. The van der Waals surface area contributed by atoms with Crippen LogP contribution < -0.4 is 10.6 Å². The molecule has 0 radical (unpaired) electrons. The molecule has 6 rings (SSSR count). The van der Waals surface area contributed by atoms with Crippen LogP contribution in [0.1, 0.15) is 22.4 Å². The van der Waals surface area contributed by atoms with E-state index >= 15 is 0 Å². The lowest BCUT2D eigenvalue weighted by atomic mass is 10.0. The number of hydrogen-bond donors (Lipinski definition) is 1. The molecular weight excluding hydrogens is 510 g/mol. The van der Waals surface area contributed by atoms with Crippen LogP contribution in [0.2, 0.25) is 0 Å². The van der Waals surface area contributed by atoms with E-state index in [1.807, 2.05) is 23.0 Å². The first-order valence-electron chi connectivity index (χ1n) is 13.9. The van der Waals surface area contributed by atoms with Gasteiger partial charge in [0.2, 0.25) is 0 Å². The Balaban J connectivity index is 1.33. The SMILES string of the molecule is C=Nn1c(-c2ccnc(N3CCN(C)CC3)c2)cc(Cc2ccc3cn(Cc4ccccc4)nc3c2)c1C(N)=NC. The zero-order valence-electron chi connectivity index (χ0n) is 23.6. The highest BCUT2D eigenvalue weighted by molar-refractivity contribution is 5.99. The maximum Gasteiger partial charge on any atom is 0.144 e. The number of hydrogen-bond acceptors (Lipinski definition) is 6. The van der Waals surface area contributed by atoms with Crippen LogP contribution in [-0.4, -0.2) is 77.2 Å². The summed E-state index contributed by atoms with van der Waals surface area (Å²) in [7, 11) is 3.85. The molecule has 0 aliphatic carbocycles. The first-order valence-corrected chi connectivity index (χ1v) is 13.9. The van der Waals surface area contributed by atoms with Gasteiger partial charge in [0.1, 0.15) is 17.3 Å². The van der Waals surface area contributed by atoms with Crippen molar-refractivity contribution >= 4 is 29.3 Å². The second kappa shape index (κ2) is 11.4. The summed E-state index contributed by atoms with van der Waals surface area (Å²) in [4.78, 5) is 13.6. The van der Waals surface area contributed by atoms with Crippen LogP contribution in [0.3, 0.4) is 0 Å². The second-order valence-electron chi connectivity index (χ2n) is 10.5. The Labute approximate surface area is 240 Å². The Kier molecular flexibility index (Phi) is 7.35. The quantitative estimate of drug-likeness (QED) is 0.234. The maximum absolute atomic E-state index is 6.44. The van der Waals surface area contributed by atoms with E-state index in [1.165, 1.54) is 5.56 Å². The largest absolute Gasteiger partial charge is 0.382 e. The Hall–Kier alpha value is -4.76. The highest BCUT2D eigenvalue weighted by Gasteiger charge is 2.21. The van der Waals surface area contributed by atoms with Crippen molar-refractivity contribution in [3.63, 3.8) is 0 Å². The number of likely N-dealkylation sites (N-methyl/N-ethyl adjacent to an activating group) is 1. The molecule has 1 saturated heterocycles. The Bertz CT molecular complexity index is 1710. The number of fused-ring (bicyclic) bond motifs is 1. The van der Waals surface area contributed by atoms with Gasteiger partial charge >= 0.3 is 0 Å². The molecule has 9 heteroatoms. The summed E-state index contributed by atoms with van der Waals surface area (Å²) in [5.74, 6) is 1.38. The van der Waals surface area contributed by atoms with Crippen molar-refractivity contribution in [3.8, 4) is 11.3 Å². The van der Waals surface area contributed by atoms with Gasteiger partial charge in [-0.2, -0.15) is 10.2 Å². The van der Waals surface area contributed by atoms with Gasteiger partial charge in [-0.1, -0.05) is 42.5 Å². The van der Waals surface area contributed by atoms with Crippen LogP contribution in [-0.2, 0) is 13.0 Å². The van der Waals surface area contributed by atoms with E-state index in [4.69, 9.17) is 10.8 Å². The molecule has 0 unspecified atom stereocenters. The van der Waals surface area contributed by atoms with E-state index in [0.717, 1.165) is 77.5 Å². The number of benzene rings is 2. The highest BCUT2D eigenvalue weighted by atomic mass is 15.4. The zero-order valence-corrected chi connectivity index (χ0v) is 23.6. The third-order valence-electron chi connectivity index (χ3n) is 7.75. The molecular formula is C32H35N9. The van der Waals surface area contributed by atoms with Crippen molar-refractivity contribution in [2.75, 3.05) is 45.2 Å². The van der Waals surface area contributed by atoms with Crippen molar-refractivity contribution in [3.05, 3.63) is 102 Å². The number of piperazine rings is 1. The fourth-order valence-electron chi connectivity index (χ4n) is 5.50. The van der Waals surface area contributed by atoms with Crippen molar-refractivity contribution in [2.45, 2.75) is 13.0 Å². The average Bonchev–Trinajstić information content (AvgIpc) is 3.58. The number of pyridine rings is 1. The van der Waals surface area contributed by atoms with Crippen LogP contribution in [0.25, 0.3) is 22.2 Å². The Morgan fingerprint density at radius 3 is 2.54 bits per heavy atom. The van der Waals surface area contributed by atoms with Crippen LogP contribution in [0, 0.1) is 0 Å². The van der Waals surface area contributed by atoms with Crippen LogP contribution in [0.5, 0.6) is 0 Å². The van der Waals surface area contributed by atoms with Gasteiger partial charge in [-0.15, -0.1) is 0 Å². The molecule has 5 aromatic rings. The minimum Gasteiger partial charge on any atom is -0.382 e. The van der Waals surface area contributed by atoms with Crippen molar-refractivity contribution in [1.82, 2.24) is 24.3 Å². The zero-order chi connectivity index (χ0) is 28.3. The smallest absolute Gasteiger partial charge is 0.144 e. The molecule has 0 atom stereocenters. The molecule has 0 amide bonds. The molecule has 9 nitrogen and oxygen atoms in total. The first kappa shape index (κ1) is 26.5. The first-order chi connectivity index (χ1) is 20.0. The number of nitrogens with zero attached hydrogens (tertiary/aromatic N) is 8. The Morgan fingerprint density at radius 2 is 1.78 bits per heavy atom. The predicted molar refractivity (Wildman–Crippen MR) is 167 cm³/mol. The van der Waals surface area contributed by atoms with Gasteiger partial charge in [0, 0.05) is 63.3 Å². The normalized spacial score (nSPS) is 14.6. The van der Waals surface area contributed by atoms with Gasteiger partial charge in [0.15, 0.2) is 0 Å². The van der Waals surface area contributed by atoms with Crippen molar-refractivity contribution in [1.29, 1.82) is 0 Å². The summed E-state index contributed by atoms with van der Waals surface area (Å²) in [5, 5.41) is 10.3. The molecule has 1 aliphatic heterocycles. The van der Waals surface area contributed by atoms with Crippen LogP contribution in [0.4, 0.5) is 5.82 Å². The summed E-state index contributed by atoms with van der Waals surface area (Å²) >= 11 is 0. The van der Waals surface area contributed by atoms with Crippen molar-refractivity contribution < 1.29 is 0 Å². The van der Waals surface area contributed by atoms with E-state index in [2.05, 4.69) is 99.4 Å². The average molecular weight is 546 g/mol. The van der Waals surface area contributed by atoms with Crippen LogP contribution in [0.15, 0.2) is 89.2 Å². The summed E-state index contributed by atoms with van der Waals surface area (Å²) in [5.41, 5.74) is 13.5. The van der Waals surface area contributed by atoms with Crippen LogP contribution >= 0.6 is 0 Å². The fourth-order valence-corrected chi connectivity index (χ4v) is 5.50. The molecule has 3 aromatic heterocycles. The third-order valence-corrected chi connectivity index (χ3v) is 7.75. The molecule has 208 valence electrons. The van der Waals surface area contributed by atoms with Gasteiger partial charge in [-0.25, -0.2) is 9.66 Å². The standard InChI is InChI=1S/C32H35N9/c1-34-32(33)31-27(17-24-9-10-26-22-40(37-28(26)18-24)21-23-7-5-4-6-8-23)19-29(41(31)35-2)25-11-12-36-30(20-25)39-15-13-38(3)14-16-39/h4-12,18-20,22H,2,13-17,21H2,1,3H3,(H2,33,34). The molecule has 1 aliphatic rings. The maximum atomic E-state index is 6.44. The summed E-state index contributed by atoms with van der Waals surface area (Å²) in [6.07, 6.45) is 4.61. The second-order valence-corrected chi connectivity index (χ2v) is 10.5. The van der Waals surface area contributed by atoms with E-state index in [9.17, 15) is 0 Å². The van der Waals surface area contributed by atoms with E-state index in [0.29, 0.717) is 12.3 Å². The summed E-state index contributed by atoms with van der Waals surface area (Å²) < 4.78 is 3.79. The lowest BCUT2D eigenvalue weighted by Gasteiger charge is -2.33. The molecule has 0 bridgehead atoms. The molecule has 2 N–H and O–H groups in total. The van der Waals surface area contributed by atoms with Gasteiger partial charge in [0.05, 0.1) is 17.8 Å². The Morgan fingerprint density at radius 1 is 0.976 bits per heavy atom. The third kappa shape index (κ3) is 5.49. The molecule has 4 heterocycles. The van der Waals surface area contributed by atoms with E-state index < -0.39 is 0 Å².